The van der Waals surface area contributed by atoms with Crippen LogP contribution in [0.2, 0.25) is 0 Å². The summed E-state index contributed by atoms with van der Waals surface area (Å²) in [5.41, 5.74) is 3.09. The van der Waals surface area contributed by atoms with Crippen LogP contribution in [0.15, 0.2) is 73.4 Å². The maximum atomic E-state index is 7.72. The maximum absolute atomic E-state index is 7.72. The third kappa shape index (κ3) is 7.08. The van der Waals surface area contributed by atoms with Crippen molar-refractivity contribution in [2.45, 2.75) is 19.6 Å². The predicted octanol–water partition coefficient (Wildman–Crippen LogP) is 5.13. The summed E-state index contributed by atoms with van der Waals surface area (Å²) in [6.45, 7) is 7.00. The van der Waals surface area contributed by atoms with Gasteiger partial charge in [0.25, 0.3) is 0 Å². The first-order chi connectivity index (χ1) is 16.0. The molecule has 1 heterocycles. The predicted molar refractivity (Wildman–Crippen MR) is 130 cm³/mol. The molecule has 0 spiro atoms. The molecule has 2 N–H and O–H groups in total. The molecule has 0 fully saturated rings. The summed E-state index contributed by atoms with van der Waals surface area (Å²) in [5, 5.41) is 10.9. The Bertz CT molecular complexity index is 1070. The molecule has 7 nitrogen and oxygen atoms in total. The monoisotopic (exact) mass is 447 g/mol. The zero-order chi connectivity index (χ0) is 23.6. The zero-order valence-corrected chi connectivity index (χ0v) is 19.1. The van der Waals surface area contributed by atoms with Gasteiger partial charge in [0.15, 0.2) is 0 Å². The summed E-state index contributed by atoms with van der Waals surface area (Å²) in [6, 6.07) is 19.1. The number of anilines is 1. The van der Waals surface area contributed by atoms with E-state index in [9.17, 15) is 0 Å². The number of hydrogen-bond donors (Lipinski definition) is 2. The van der Waals surface area contributed by atoms with E-state index in [0.717, 1.165) is 11.1 Å². The summed E-state index contributed by atoms with van der Waals surface area (Å²) in [4.78, 5) is 4.33. The van der Waals surface area contributed by atoms with Gasteiger partial charge in [0.2, 0.25) is 5.90 Å². The van der Waals surface area contributed by atoms with Crippen LogP contribution in [0, 0.1) is 5.41 Å². The minimum absolute atomic E-state index is 0.0584. The molecule has 33 heavy (non-hydrogen) atoms. The highest BCUT2D eigenvalue weighted by Gasteiger charge is 2.11. The van der Waals surface area contributed by atoms with Crippen molar-refractivity contribution in [3.05, 3.63) is 90.1 Å². The normalized spacial score (nSPS) is 11.4. The van der Waals surface area contributed by atoms with E-state index in [4.69, 9.17) is 24.4 Å². The average molecular weight is 448 g/mol. The van der Waals surface area contributed by atoms with Gasteiger partial charge in [-0.3, -0.25) is 5.41 Å². The number of pyridine rings is 1. The van der Waals surface area contributed by atoms with Crippen LogP contribution in [0.4, 0.5) is 5.82 Å². The Morgan fingerprint density at radius 3 is 2.45 bits per heavy atom. The van der Waals surface area contributed by atoms with Gasteiger partial charge < -0.3 is 24.3 Å². The Kier molecular flexibility index (Phi) is 8.43. The molecule has 7 heteroatoms. The fourth-order valence-corrected chi connectivity index (χ4v) is 3.09. The summed E-state index contributed by atoms with van der Waals surface area (Å²) < 4.78 is 22.2. The maximum Gasteiger partial charge on any atom is 0.214 e. The van der Waals surface area contributed by atoms with Crippen molar-refractivity contribution < 1.29 is 18.9 Å². The van der Waals surface area contributed by atoms with E-state index >= 15 is 0 Å². The molecular weight excluding hydrogens is 418 g/mol. The smallest absolute Gasteiger partial charge is 0.214 e. The highest BCUT2D eigenvalue weighted by Crippen LogP contribution is 2.28. The molecule has 0 saturated carbocycles. The second-order valence-corrected chi connectivity index (χ2v) is 7.42. The molecule has 3 aromatic rings. The number of hydrogen-bond acceptors (Lipinski definition) is 7. The van der Waals surface area contributed by atoms with E-state index < -0.39 is 0 Å². The molecule has 1 unspecified atom stereocenters. The van der Waals surface area contributed by atoms with Crippen LogP contribution in [0.5, 0.6) is 11.5 Å². The third-order valence-corrected chi connectivity index (χ3v) is 4.72. The first-order valence-corrected chi connectivity index (χ1v) is 10.5. The van der Waals surface area contributed by atoms with E-state index in [0.29, 0.717) is 41.8 Å². The average Bonchev–Trinajstić information content (AvgIpc) is 2.83. The second-order valence-electron chi connectivity index (χ2n) is 7.42. The van der Waals surface area contributed by atoms with Crippen LogP contribution in [-0.4, -0.2) is 37.8 Å². The fourth-order valence-electron chi connectivity index (χ4n) is 3.09. The van der Waals surface area contributed by atoms with Crippen molar-refractivity contribution in [2.75, 3.05) is 26.1 Å². The van der Waals surface area contributed by atoms with Gasteiger partial charge in [-0.25, -0.2) is 4.98 Å². The molecule has 172 valence electrons. The molecule has 3 rings (SSSR count). The highest BCUT2D eigenvalue weighted by atomic mass is 16.5. The summed E-state index contributed by atoms with van der Waals surface area (Å²) in [6.07, 6.45) is 1.45. The van der Waals surface area contributed by atoms with E-state index in [1.54, 1.807) is 25.4 Å². The number of aromatic nitrogens is 1. The molecule has 1 aromatic heterocycles. The largest absolute Gasteiger partial charge is 0.489 e. The summed E-state index contributed by atoms with van der Waals surface area (Å²) >= 11 is 0. The number of ether oxygens (including phenoxy) is 4. The second kappa shape index (κ2) is 11.7. The summed E-state index contributed by atoms with van der Waals surface area (Å²) in [5.74, 6) is 1.97. The van der Waals surface area contributed by atoms with Crippen molar-refractivity contribution in [3.63, 3.8) is 0 Å². The van der Waals surface area contributed by atoms with Gasteiger partial charge in [0.1, 0.15) is 30.0 Å². The molecule has 0 saturated heterocycles. The standard InChI is InChI=1S/C26H29N3O4/c1-18(16-30-3)33-24-13-22(12-23(14-24)32-17-20-8-6-5-7-9-20)19(2)29-25-11-10-21(15-28-25)26(27)31-4/h5-15,18,27H,2,16-17H2,1,3-4H3,(H,28,29). The fraction of sp³-hybridized carbons (Fsp3) is 0.231. The van der Waals surface area contributed by atoms with Crippen LogP contribution in [0.3, 0.4) is 0 Å². The van der Waals surface area contributed by atoms with Gasteiger partial charge in [-0.05, 0) is 36.8 Å². The molecule has 0 amide bonds. The number of rotatable bonds is 11. The number of nitrogens with zero attached hydrogens (tertiary/aromatic N) is 1. The molecule has 0 aliphatic heterocycles. The zero-order valence-electron chi connectivity index (χ0n) is 19.1. The molecule has 1 atom stereocenters. The Labute approximate surface area is 194 Å². The topological polar surface area (TPSA) is 85.7 Å². The lowest BCUT2D eigenvalue weighted by Gasteiger charge is -2.17. The van der Waals surface area contributed by atoms with Crippen LogP contribution in [0.25, 0.3) is 5.70 Å². The SMILES string of the molecule is C=C(Nc1ccc(C(=N)OC)cn1)c1cc(OCc2ccccc2)cc(OC(C)COC)c1. The van der Waals surface area contributed by atoms with Gasteiger partial charge in [0, 0.05) is 30.6 Å². The van der Waals surface area contributed by atoms with Crippen LogP contribution in [0.1, 0.15) is 23.6 Å². The van der Waals surface area contributed by atoms with Crippen molar-refractivity contribution >= 4 is 17.4 Å². The van der Waals surface area contributed by atoms with Crippen LogP contribution in [-0.2, 0) is 16.1 Å². The number of methoxy groups -OCH3 is 2. The van der Waals surface area contributed by atoms with Crippen molar-refractivity contribution in [3.8, 4) is 11.5 Å². The molecule has 0 aliphatic carbocycles. The Hall–Kier alpha value is -3.84. The Morgan fingerprint density at radius 2 is 1.79 bits per heavy atom. The van der Waals surface area contributed by atoms with Gasteiger partial charge in [0.05, 0.1) is 19.3 Å². The number of nitrogens with one attached hydrogen (secondary N) is 2. The quantitative estimate of drug-likeness (QED) is 0.313. The highest BCUT2D eigenvalue weighted by molar-refractivity contribution is 5.91. The first kappa shape index (κ1) is 23.8. The summed E-state index contributed by atoms with van der Waals surface area (Å²) in [7, 11) is 3.10. The van der Waals surface area contributed by atoms with E-state index in [1.165, 1.54) is 7.11 Å². The van der Waals surface area contributed by atoms with Gasteiger partial charge in [-0.2, -0.15) is 0 Å². The van der Waals surface area contributed by atoms with Crippen molar-refractivity contribution in [2.24, 2.45) is 0 Å². The third-order valence-electron chi connectivity index (χ3n) is 4.72. The lowest BCUT2D eigenvalue weighted by Crippen LogP contribution is -2.18. The molecule has 0 bridgehead atoms. The first-order valence-electron chi connectivity index (χ1n) is 10.5. The van der Waals surface area contributed by atoms with Gasteiger partial charge in [-0.1, -0.05) is 36.9 Å². The lowest BCUT2D eigenvalue weighted by molar-refractivity contribution is 0.0918. The lowest BCUT2D eigenvalue weighted by atomic mass is 10.1. The Balaban J connectivity index is 1.78. The van der Waals surface area contributed by atoms with E-state index in [-0.39, 0.29) is 12.0 Å². The number of benzene rings is 2. The minimum Gasteiger partial charge on any atom is -0.489 e. The molecule has 0 radical (unpaired) electrons. The van der Waals surface area contributed by atoms with E-state index in [1.807, 2.05) is 55.5 Å². The van der Waals surface area contributed by atoms with Crippen LogP contribution < -0.4 is 14.8 Å². The minimum atomic E-state index is -0.126. The van der Waals surface area contributed by atoms with Crippen molar-refractivity contribution in [1.82, 2.24) is 4.98 Å². The molecular formula is C26H29N3O4. The van der Waals surface area contributed by atoms with Gasteiger partial charge in [-0.15, -0.1) is 0 Å². The molecule has 2 aromatic carbocycles. The Morgan fingerprint density at radius 1 is 1.03 bits per heavy atom. The molecule has 0 aliphatic rings. The van der Waals surface area contributed by atoms with E-state index in [2.05, 4.69) is 16.9 Å². The van der Waals surface area contributed by atoms with Gasteiger partial charge >= 0.3 is 0 Å². The van der Waals surface area contributed by atoms with Crippen molar-refractivity contribution in [1.29, 1.82) is 5.41 Å². The van der Waals surface area contributed by atoms with Crippen LogP contribution >= 0.6 is 0 Å².